The molecule has 0 saturated carbocycles. The molecular weight excluding hydrogens is 228 g/mol. The quantitative estimate of drug-likeness (QED) is 0.741. The summed E-state index contributed by atoms with van der Waals surface area (Å²) in [6, 6.07) is 10.4. The van der Waals surface area contributed by atoms with Crippen molar-refractivity contribution in [3.63, 3.8) is 0 Å². The van der Waals surface area contributed by atoms with Gasteiger partial charge in [-0.25, -0.2) is 4.98 Å². The maximum atomic E-state index is 9.04. The van der Waals surface area contributed by atoms with Gasteiger partial charge >= 0.3 is 0 Å². The highest BCUT2D eigenvalue weighted by atomic mass is 15.1. The van der Waals surface area contributed by atoms with E-state index in [1.807, 2.05) is 18.2 Å². The summed E-state index contributed by atoms with van der Waals surface area (Å²) >= 11 is 0. The monoisotopic (exact) mass is 234 g/mol. The van der Waals surface area contributed by atoms with E-state index in [0.717, 1.165) is 0 Å². The van der Waals surface area contributed by atoms with Crippen LogP contribution in [0.5, 0.6) is 0 Å². The minimum atomic E-state index is 0.0261. The first-order valence-electron chi connectivity index (χ1n) is 4.88. The van der Waals surface area contributed by atoms with Gasteiger partial charge in [0.05, 0.1) is 11.3 Å². The molecule has 0 aliphatic heterocycles. The maximum absolute atomic E-state index is 9.04. The molecule has 18 heavy (non-hydrogen) atoms. The number of rotatable bonds is 1. The van der Waals surface area contributed by atoms with Gasteiger partial charge in [0, 0.05) is 5.69 Å². The van der Waals surface area contributed by atoms with Gasteiger partial charge in [0.1, 0.15) is 24.5 Å². The molecule has 0 amide bonds. The maximum Gasteiger partial charge on any atom is 0.177 e. The first-order chi connectivity index (χ1) is 8.71. The molecule has 6 nitrogen and oxygen atoms in total. The number of nitrogens with zero attached hydrogens (tertiary/aromatic N) is 5. The number of anilines is 1. The molecule has 1 heterocycles. The molecule has 0 aliphatic rings. The third-order valence-corrected chi connectivity index (χ3v) is 2.38. The van der Waals surface area contributed by atoms with Crippen LogP contribution < -0.4 is 5.73 Å². The third kappa shape index (κ3) is 1.63. The molecule has 0 spiro atoms. The Kier molecular flexibility index (Phi) is 2.67. The number of nitriles is 3. The van der Waals surface area contributed by atoms with Crippen molar-refractivity contribution in [1.82, 2.24) is 9.55 Å². The van der Waals surface area contributed by atoms with Crippen LogP contribution in [-0.2, 0) is 0 Å². The van der Waals surface area contributed by atoms with Crippen molar-refractivity contribution in [1.29, 1.82) is 15.8 Å². The molecule has 0 bridgehead atoms. The molecule has 0 fully saturated rings. The summed E-state index contributed by atoms with van der Waals surface area (Å²) in [7, 11) is 0. The Balaban J connectivity index is 2.72. The van der Waals surface area contributed by atoms with Crippen molar-refractivity contribution in [2.45, 2.75) is 0 Å². The van der Waals surface area contributed by atoms with E-state index < -0.39 is 0 Å². The summed E-state index contributed by atoms with van der Waals surface area (Å²) in [5.41, 5.74) is 6.95. The van der Waals surface area contributed by atoms with Crippen LogP contribution >= 0.6 is 0 Å². The van der Waals surface area contributed by atoms with Gasteiger partial charge in [0.15, 0.2) is 11.4 Å². The second-order valence-electron chi connectivity index (χ2n) is 3.42. The van der Waals surface area contributed by atoms with Crippen LogP contribution in [0.1, 0.15) is 17.0 Å². The predicted octanol–water partition coefficient (Wildman–Crippen LogP) is 1.07. The Morgan fingerprint density at radius 1 is 1.11 bits per heavy atom. The first-order valence-corrected chi connectivity index (χ1v) is 4.88. The molecule has 0 radical (unpaired) electrons. The topological polar surface area (TPSA) is 115 Å². The molecular formula is C12H6N6. The lowest BCUT2D eigenvalue weighted by Crippen LogP contribution is -2.00. The van der Waals surface area contributed by atoms with E-state index in [1.54, 1.807) is 12.1 Å². The Bertz CT molecular complexity index is 735. The minimum absolute atomic E-state index is 0.0261. The van der Waals surface area contributed by atoms with Crippen LogP contribution in [0, 0.1) is 34.0 Å². The van der Waals surface area contributed by atoms with Crippen molar-refractivity contribution < 1.29 is 0 Å². The summed E-state index contributed by atoms with van der Waals surface area (Å²) in [6.45, 7) is 0. The zero-order valence-electron chi connectivity index (χ0n) is 9.12. The van der Waals surface area contributed by atoms with Gasteiger partial charge in [-0.15, -0.1) is 0 Å². The molecule has 0 saturated heterocycles. The van der Waals surface area contributed by atoms with Crippen molar-refractivity contribution in [2.24, 2.45) is 0 Å². The highest BCUT2D eigenvalue weighted by Crippen LogP contribution is 2.20. The van der Waals surface area contributed by atoms with Crippen LogP contribution in [0.15, 0.2) is 24.5 Å². The fraction of sp³-hybridized carbons (Fsp3) is 0. The molecule has 0 atom stereocenters. The molecule has 84 valence electrons. The molecule has 1 aromatic heterocycles. The SMILES string of the molecule is N#Cc1cc(N)ccc1-n1cnc(C#N)c1C#N. The normalized spacial score (nSPS) is 9.17. The van der Waals surface area contributed by atoms with Crippen molar-refractivity contribution in [2.75, 3.05) is 5.73 Å². The van der Waals surface area contributed by atoms with Gasteiger partial charge in [0.2, 0.25) is 0 Å². The van der Waals surface area contributed by atoms with Gasteiger partial charge < -0.3 is 5.73 Å². The van der Waals surface area contributed by atoms with Crippen LogP contribution in [0.4, 0.5) is 5.69 Å². The molecule has 0 aliphatic carbocycles. The first kappa shape index (κ1) is 11.2. The molecule has 2 N–H and O–H groups in total. The Morgan fingerprint density at radius 3 is 2.50 bits per heavy atom. The fourth-order valence-electron chi connectivity index (χ4n) is 1.57. The van der Waals surface area contributed by atoms with Crippen LogP contribution in [0.2, 0.25) is 0 Å². The van der Waals surface area contributed by atoms with E-state index in [9.17, 15) is 0 Å². The summed E-state index contributed by atoms with van der Waals surface area (Å²) in [5, 5.41) is 26.9. The molecule has 0 unspecified atom stereocenters. The lowest BCUT2D eigenvalue weighted by molar-refractivity contribution is 1.03. The predicted molar refractivity (Wildman–Crippen MR) is 62.1 cm³/mol. The Labute approximate surface area is 103 Å². The van der Waals surface area contributed by atoms with Gasteiger partial charge in [-0.3, -0.25) is 4.57 Å². The van der Waals surface area contributed by atoms with E-state index in [1.165, 1.54) is 17.0 Å². The lowest BCUT2D eigenvalue weighted by Gasteiger charge is -2.06. The number of aromatic nitrogens is 2. The second kappa shape index (κ2) is 4.29. The Morgan fingerprint density at radius 2 is 1.89 bits per heavy atom. The van der Waals surface area contributed by atoms with E-state index in [2.05, 4.69) is 4.98 Å². The van der Waals surface area contributed by atoms with Crippen molar-refractivity contribution in [3.05, 3.63) is 41.5 Å². The second-order valence-corrected chi connectivity index (χ2v) is 3.42. The van der Waals surface area contributed by atoms with E-state index >= 15 is 0 Å². The highest BCUT2D eigenvalue weighted by molar-refractivity contribution is 5.58. The van der Waals surface area contributed by atoms with Crippen LogP contribution in [-0.4, -0.2) is 9.55 Å². The summed E-state index contributed by atoms with van der Waals surface area (Å²) < 4.78 is 1.40. The highest BCUT2D eigenvalue weighted by Gasteiger charge is 2.14. The zero-order valence-corrected chi connectivity index (χ0v) is 9.12. The Hall–Kier alpha value is -3.30. The molecule has 2 aromatic rings. The van der Waals surface area contributed by atoms with E-state index in [0.29, 0.717) is 16.9 Å². The average molecular weight is 234 g/mol. The van der Waals surface area contributed by atoms with Gasteiger partial charge in [0.25, 0.3) is 0 Å². The van der Waals surface area contributed by atoms with Gasteiger partial charge in [-0.05, 0) is 18.2 Å². The minimum Gasteiger partial charge on any atom is -0.399 e. The summed E-state index contributed by atoms with van der Waals surface area (Å²) in [6.07, 6.45) is 1.34. The fourth-order valence-corrected chi connectivity index (χ4v) is 1.57. The number of benzene rings is 1. The number of nitrogens with two attached hydrogens (primary N) is 1. The third-order valence-electron chi connectivity index (χ3n) is 2.38. The van der Waals surface area contributed by atoms with Crippen LogP contribution in [0.3, 0.4) is 0 Å². The van der Waals surface area contributed by atoms with Crippen molar-refractivity contribution in [3.8, 4) is 23.9 Å². The molecule has 6 heteroatoms. The van der Waals surface area contributed by atoms with Crippen molar-refractivity contribution >= 4 is 5.69 Å². The number of hydrogen-bond acceptors (Lipinski definition) is 5. The van der Waals surface area contributed by atoms with Crippen LogP contribution in [0.25, 0.3) is 5.69 Å². The summed E-state index contributed by atoms with van der Waals surface area (Å²) in [5.74, 6) is 0. The lowest BCUT2D eigenvalue weighted by atomic mass is 10.1. The molecule has 2 rings (SSSR count). The zero-order chi connectivity index (χ0) is 13.1. The number of imidazole rings is 1. The van der Waals surface area contributed by atoms with Gasteiger partial charge in [-0.1, -0.05) is 0 Å². The number of hydrogen-bond donors (Lipinski definition) is 1. The number of nitrogen functional groups attached to an aromatic ring is 1. The average Bonchev–Trinajstić information content (AvgIpc) is 2.81. The largest absolute Gasteiger partial charge is 0.399 e. The van der Waals surface area contributed by atoms with E-state index in [-0.39, 0.29) is 11.4 Å². The van der Waals surface area contributed by atoms with Gasteiger partial charge in [-0.2, -0.15) is 15.8 Å². The van der Waals surface area contributed by atoms with E-state index in [4.69, 9.17) is 21.5 Å². The smallest absolute Gasteiger partial charge is 0.177 e. The molecule has 1 aromatic carbocycles. The standard InChI is InChI=1S/C12H6N6/c13-4-8-3-9(16)1-2-11(8)18-7-17-10(5-14)12(18)6-15/h1-3,7H,16H2. The summed E-state index contributed by atoms with van der Waals surface area (Å²) in [4.78, 5) is 3.82.